The molecule has 0 aliphatic rings. The van der Waals surface area contributed by atoms with Crippen molar-refractivity contribution >= 4 is 41.3 Å². The zero-order valence-corrected chi connectivity index (χ0v) is 17.4. The van der Waals surface area contributed by atoms with Crippen LogP contribution in [0.15, 0.2) is 69.2 Å². The van der Waals surface area contributed by atoms with Crippen molar-refractivity contribution in [3.05, 3.63) is 76.6 Å². The number of halogens is 1. The van der Waals surface area contributed by atoms with Gasteiger partial charge < -0.3 is 5.73 Å². The van der Waals surface area contributed by atoms with Crippen LogP contribution in [0, 0.1) is 0 Å². The van der Waals surface area contributed by atoms with Crippen LogP contribution in [-0.2, 0) is 5.75 Å². The van der Waals surface area contributed by atoms with Gasteiger partial charge in [-0.25, -0.2) is 10.1 Å². The molecule has 0 atom stereocenters. The lowest BCUT2D eigenvalue weighted by molar-refractivity contribution is 0.0949. The first-order chi connectivity index (χ1) is 15.1. The van der Waals surface area contributed by atoms with E-state index in [4.69, 9.17) is 17.3 Å². The molecule has 4 rings (SSSR count). The summed E-state index contributed by atoms with van der Waals surface area (Å²) in [6, 6.07) is 16.7. The summed E-state index contributed by atoms with van der Waals surface area (Å²) in [7, 11) is 0. The molecule has 1 amide bonds. The van der Waals surface area contributed by atoms with Gasteiger partial charge >= 0.3 is 0 Å². The van der Waals surface area contributed by atoms with Gasteiger partial charge in [0.15, 0.2) is 5.69 Å². The van der Waals surface area contributed by atoms with E-state index in [9.17, 15) is 4.79 Å². The Balaban J connectivity index is 1.58. The van der Waals surface area contributed by atoms with E-state index in [0.29, 0.717) is 16.5 Å². The number of rotatable bonds is 7. The van der Waals surface area contributed by atoms with Gasteiger partial charge in [-0.2, -0.15) is 9.78 Å². The lowest BCUT2D eigenvalue weighted by Crippen LogP contribution is -2.20. The van der Waals surface area contributed by atoms with Gasteiger partial charge in [-0.05, 0) is 40.1 Å². The molecule has 0 bridgehead atoms. The molecule has 4 aromatic rings. The molecule has 0 unspecified atom stereocenters. The second kappa shape index (κ2) is 9.41. The summed E-state index contributed by atoms with van der Waals surface area (Å²) < 4.78 is 5.98. The molecule has 0 radical (unpaired) electrons. The number of nitrogens with one attached hydrogen (secondary N) is 1. The minimum absolute atomic E-state index is 0.0247. The van der Waals surface area contributed by atoms with Crippen LogP contribution in [0.4, 0.5) is 5.82 Å². The number of hydrogen-bond acceptors (Lipinski definition) is 9. The van der Waals surface area contributed by atoms with Crippen molar-refractivity contribution in [1.29, 1.82) is 0 Å². The molecule has 12 heteroatoms. The first-order valence-electron chi connectivity index (χ1n) is 8.91. The number of hydrazone groups is 1. The first-order valence-corrected chi connectivity index (χ1v) is 10.3. The molecule has 3 N–H and O–H groups in total. The van der Waals surface area contributed by atoms with E-state index in [0.717, 1.165) is 10.5 Å². The fourth-order valence-corrected chi connectivity index (χ4v) is 3.57. The molecule has 2 aromatic carbocycles. The van der Waals surface area contributed by atoms with E-state index in [2.05, 4.69) is 35.8 Å². The number of nitrogens with two attached hydrogens (primary N) is 1. The third kappa shape index (κ3) is 4.90. The van der Waals surface area contributed by atoms with Gasteiger partial charge in [-0.15, -0.1) is 16.9 Å². The highest BCUT2D eigenvalue weighted by Gasteiger charge is 2.24. The molecule has 0 fully saturated rings. The summed E-state index contributed by atoms with van der Waals surface area (Å²) in [5.74, 6) is -0.0191. The minimum Gasteiger partial charge on any atom is -0.378 e. The summed E-state index contributed by atoms with van der Waals surface area (Å²) in [5, 5.41) is 19.9. The molecule has 31 heavy (non-hydrogen) atoms. The lowest BCUT2D eigenvalue weighted by Gasteiger charge is -2.06. The van der Waals surface area contributed by atoms with Crippen LogP contribution in [-0.4, -0.2) is 37.4 Å². The van der Waals surface area contributed by atoms with Crippen LogP contribution >= 0.6 is 23.4 Å². The molecule has 0 aliphatic heterocycles. The van der Waals surface area contributed by atoms with Crippen molar-refractivity contribution in [2.24, 2.45) is 5.10 Å². The Morgan fingerprint density at radius 2 is 1.97 bits per heavy atom. The average Bonchev–Trinajstić information content (AvgIpc) is 3.39. The summed E-state index contributed by atoms with van der Waals surface area (Å²) in [4.78, 5) is 13.7. The molecular formula is C19H15ClN8O2S. The van der Waals surface area contributed by atoms with Gasteiger partial charge in [0.1, 0.15) is 0 Å². The van der Waals surface area contributed by atoms with Crippen LogP contribution in [0.5, 0.6) is 0 Å². The number of nitrogen functional groups attached to an aromatic ring is 1. The average molecular weight is 455 g/mol. The van der Waals surface area contributed by atoms with Gasteiger partial charge in [0.05, 0.1) is 11.9 Å². The SMILES string of the molecule is Nc1nonc1-n1nnc(C(=O)N/N=C\c2ccccc2)c1CSc1ccc(Cl)cc1. The molecule has 10 nitrogen and oxygen atoms in total. The number of carbonyl (C=O) groups is 1. The topological polar surface area (TPSA) is 137 Å². The fourth-order valence-electron chi connectivity index (χ4n) is 2.56. The summed E-state index contributed by atoms with van der Waals surface area (Å²) in [6.07, 6.45) is 1.53. The molecular weight excluding hydrogens is 440 g/mol. The highest BCUT2D eigenvalue weighted by atomic mass is 35.5. The monoisotopic (exact) mass is 454 g/mol. The van der Waals surface area contributed by atoms with Crippen LogP contribution in [0.2, 0.25) is 5.02 Å². The third-order valence-electron chi connectivity index (χ3n) is 4.04. The second-order valence-electron chi connectivity index (χ2n) is 6.12. The van der Waals surface area contributed by atoms with Crippen molar-refractivity contribution in [2.75, 3.05) is 5.73 Å². The number of nitrogens with zero attached hydrogens (tertiary/aromatic N) is 6. The number of benzene rings is 2. The van der Waals surface area contributed by atoms with Gasteiger partial charge in [0.2, 0.25) is 11.6 Å². The predicted octanol–water partition coefficient (Wildman–Crippen LogP) is 2.94. The smallest absolute Gasteiger partial charge is 0.293 e. The maximum absolute atomic E-state index is 12.7. The molecule has 2 aromatic heterocycles. The van der Waals surface area contributed by atoms with Crippen LogP contribution in [0.3, 0.4) is 0 Å². The molecule has 0 saturated carbocycles. The quantitative estimate of drug-likeness (QED) is 0.247. The van der Waals surface area contributed by atoms with E-state index in [1.165, 1.54) is 22.7 Å². The number of carbonyl (C=O) groups excluding carboxylic acids is 1. The van der Waals surface area contributed by atoms with Crippen LogP contribution in [0.25, 0.3) is 5.82 Å². The second-order valence-corrected chi connectivity index (χ2v) is 7.61. The Morgan fingerprint density at radius 3 is 2.68 bits per heavy atom. The number of hydrogen-bond donors (Lipinski definition) is 2. The Hall–Kier alpha value is -3.70. The van der Waals surface area contributed by atoms with Crippen molar-refractivity contribution < 1.29 is 9.42 Å². The molecule has 0 aliphatic carbocycles. The van der Waals surface area contributed by atoms with E-state index in [1.807, 2.05) is 42.5 Å². The summed E-state index contributed by atoms with van der Waals surface area (Å²) in [5.41, 5.74) is 9.63. The Labute approximate surface area is 185 Å². The highest BCUT2D eigenvalue weighted by molar-refractivity contribution is 7.98. The van der Waals surface area contributed by atoms with Crippen molar-refractivity contribution in [2.45, 2.75) is 10.6 Å². The summed E-state index contributed by atoms with van der Waals surface area (Å²) >= 11 is 7.40. The zero-order valence-electron chi connectivity index (χ0n) is 15.8. The van der Waals surface area contributed by atoms with Crippen molar-refractivity contribution in [3.8, 4) is 5.82 Å². The van der Waals surface area contributed by atoms with Crippen molar-refractivity contribution in [3.63, 3.8) is 0 Å². The van der Waals surface area contributed by atoms with Gasteiger partial charge in [0, 0.05) is 15.7 Å². The Kier molecular flexibility index (Phi) is 6.24. The van der Waals surface area contributed by atoms with E-state index < -0.39 is 5.91 Å². The third-order valence-corrected chi connectivity index (χ3v) is 5.32. The number of amides is 1. The van der Waals surface area contributed by atoms with Gasteiger partial charge in [-0.3, -0.25) is 4.79 Å². The Morgan fingerprint density at radius 1 is 1.19 bits per heavy atom. The minimum atomic E-state index is -0.528. The normalized spacial score (nSPS) is 11.1. The first kappa shape index (κ1) is 20.6. The number of thioether (sulfide) groups is 1. The maximum Gasteiger partial charge on any atom is 0.293 e. The number of anilines is 1. The van der Waals surface area contributed by atoms with E-state index >= 15 is 0 Å². The summed E-state index contributed by atoms with van der Waals surface area (Å²) in [6.45, 7) is 0. The molecule has 0 saturated heterocycles. The van der Waals surface area contributed by atoms with E-state index in [-0.39, 0.29) is 17.3 Å². The van der Waals surface area contributed by atoms with Crippen molar-refractivity contribution in [1.82, 2.24) is 30.7 Å². The molecule has 0 spiro atoms. The number of aromatic nitrogens is 5. The van der Waals surface area contributed by atoms with Gasteiger partial charge in [-0.1, -0.05) is 47.1 Å². The standard InChI is InChI=1S/C19H15ClN8O2S/c20-13-6-8-14(9-7-13)31-11-15-16(23-27-28(15)18-17(21)25-30-26-18)19(29)24-22-10-12-4-2-1-3-5-12/h1-10H,11H2,(H2,21,25)(H,24,29)/b22-10-. The van der Waals surface area contributed by atoms with Crippen LogP contribution < -0.4 is 11.2 Å². The molecule has 2 heterocycles. The fraction of sp³-hybridized carbons (Fsp3) is 0.0526. The van der Waals surface area contributed by atoms with Crippen LogP contribution in [0.1, 0.15) is 21.7 Å². The largest absolute Gasteiger partial charge is 0.378 e. The van der Waals surface area contributed by atoms with E-state index in [1.54, 1.807) is 12.1 Å². The zero-order chi connectivity index (χ0) is 21.6. The maximum atomic E-state index is 12.7. The highest BCUT2D eigenvalue weighted by Crippen LogP contribution is 2.27. The predicted molar refractivity (Wildman–Crippen MR) is 116 cm³/mol. The lowest BCUT2D eigenvalue weighted by atomic mass is 10.2. The Bertz CT molecular complexity index is 1210. The molecule has 156 valence electrons. The van der Waals surface area contributed by atoms with Gasteiger partial charge in [0.25, 0.3) is 5.91 Å².